The Labute approximate surface area is 340 Å². The highest BCUT2D eigenvalue weighted by molar-refractivity contribution is 9.10. The van der Waals surface area contributed by atoms with Crippen LogP contribution in [0.3, 0.4) is 0 Å². The average Bonchev–Trinajstić information content (AvgIpc) is 3.75. The largest absolute Gasteiger partial charge is 0.507 e. The Hall–Kier alpha value is -4.78. The Morgan fingerprint density at radius 2 is 0.889 bits per heavy atom. The lowest BCUT2D eigenvalue weighted by Gasteiger charge is -2.17. The summed E-state index contributed by atoms with van der Waals surface area (Å²) in [4.78, 5) is 39.0. The number of aromatic carboxylic acids is 1. The highest BCUT2D eigenvalue weighted by Gasteiger charge is 2.27. The lowest BCUT2D eigenvalue weighted by molar-refractivity contribution is 0.0691. The molecule has 5 aromatic rings. The van der Waals surface area contributed by atoms with E-state index in [9.17, 15) is 24.6 Å². The van der Waals surface area contributed by atoms with Crippen LogP contribution in [0.1, 0.15) is 93.5 Å². The third-order valence-electron chi connectivity index (χ3n) is 8.55. The Kier molecular flexibility index (Phi) is 16.9. The van der Waals surface area contributed by atoms with Crippen LogP contribution in [0.25, 0.3) is 0 Å². The number of phenolic OH excluding ortho intramolecular Hbond substituents is 2. The first-order chi connectivity index (χ1) is 24.3. The van der Waals surface area contributed by atoms with Crippen LogP contribution in [-0.2, 0) is 26.2 Å². The predicted octanol–water partition coefficient (Wildman–Crippen LogP) is 10.2. The van der Waals surface area contributed by atoms with Crippen molar-refractivity contribution in [3.63, 3.8) is 0 Å². The second kappa shape index (κ2) is 20.1. The van der Waals surface area contributed by atoms with E-state index >= 15 is 0 Å². The molecule has 0 spiro atoms. The van der Waals surface area contributed by atoms with Crippen LogP contribution in [0, 0.1) is 0 Å². The van der Waals surface area contributed by atoms with Gasteiger partial charge in [-0.15, -0.1) is 0 Å². The zero-order chi connectivity index (χ0) is 36.8. The number of aromatic hydroxyl groups is 3. The summed E-state index contributed by atoms with van der Waals surface area (Å²) in [6.07, 6.45) is 0. The van der Waals surface area contributed by atoms with Gasteiger partial charge in [-0.3, -0.25) is 9.59 Å². The van der Waals surface area contributed by atoms with Crippen LogP contribution in [0.5, 0.6) is 17.2 Å². The molecule has 0 atom stereocenters. The summed E-state index contributed by atoms with van der Waals surface area (Å²) in [6.45, 7) is 6.57. The minimum Gasteiger partial charge on any atom is -0.507 e. The maximum atomic E-state index is 12.7. The fourth-order valence-corrected chi connectivity index (χ4v) is 6.46. The summed E-state index contributed by atoms with van der Waals surface area (Å²) < 4.78 is 1.41. The maximum absolute atomic E-state index is 12.7. The van der Waals surface area contributed by atoms with Gasteiger partial charge in [-0.1, -0.05) is 115 Å². The number of rotatable bonds is 4. The number of amides is 2. The summed E-state index contributed by atoms with van der Waals surface area (Å²) in [7, 11) is 0. The topological polar surface area (TPSA) is 139 Å². The molecule has 12 heteroatoms. The van der Waals surface area contributed by atoms with Gasteiger partial charge in [0.05, 0.1) is 11.1 Å². The number of carboxylic acids is 1. The fourth-order valence-electron chi connectivity index (χ4n) is 5.74. The second-order valence-corrected chi connectivity index (χ2v) is 14.3. The Morgan fingerprint density at radius 1 is 0.556 bits per heavy atom. The molecule has 0 aromatic heterocycles. The molecule has 0 unspecified atom stereocenters. The van der Waals surface area contributed by atoms with E-state index in [2.05, 4.69) is 45.7 Å². The first-order valence-corrected chi connectivity index (χ1v) is 17.7. The van der Waals surface area contributed by atoms with Gasteiger partial charge in [-0.25, -0.2) is 4.79 Å². The molecule has 2 heterocycles. The lowest BCUT2D eigenvalue weighted by Crippen LogP contribution is -2.25. The highest BCUT2D eigenvalue weighted by Crippen LogP contribution is 2.30. The molecule has 5 aromatic carbocycles. The van der Waals surface area contributed by atoms with Crippen LogP contribution in [0.4, 0.5) is 0 Å². The third-order valence-corrected chi connectivity index (χ3v) is 9.54. The molecule has 2 aliphatic rings. The Balaban J connectivity index is 0.000000285. The van der Waals surface area contributed by atoms with E-state index in [-0.39, 0.29) is 63.0 Å². The van der Waals surface area contributed by atoms with Crippen molar-refractivity contribution >= 4 is 63.1 Å². The number of nitrogens with zero attached hydrogens (tertiary/aromatic N) is 2. The van der Waals surface area contributed by atoms with Crippen LogP contribution in [0.15, 0.2) is 112 Å². The normalized spacial score (nSPS) is 11.9. The molecule has 0 radical (unpaired) electrons. The first kappa shape index (κ1) is 45.4. The molecular formula is C42H46Br2N2O7S. The van der Waals surface area contributed by atoms with Crippen molar-refractivity contribution in [2.45, 2.75) is 60.8 Å². The number of hydrogen-bond donors (Lipinski definition) is 4. The molecule has 2 amide bonds. The van der Waals surface area contributed by atoms with E-state index in [0.29, 0.717) is 47.7 Å². The minimum absolute atomic E-state index is 0. The summed E-state index contributed by atoms with van der Waals surface area (Å²) in [5.74, 6) is -1.21. The molecule has 286 valence electrons. The molecule has 0 saturated carbocycles. The summed E-state index contributed by atoms with van der Waals surface area (Å²) >= 11 is 6.41. The summed E-state index contributed by atoms with van der Waals surface area (Å²) in [5, 5.41) is 37.3. The van der Waals surface area contributed by atoms with E-state index in [1.807, 2.05) is 60.7 Å². The third kappa shape index (κ3) is 10.9. The molecule has 0 fully saturated rings. The van der Waals surface area contributed by atoms with Crippen molar-refractivity contribution in [1.82, 2.24) is 9.80 Å². The number of carboxylic acid groups (broad SMARTS) is 1. The summed E-state index contributed by atoms with van der Waals surface area (Å²) in [6, 6.07) is 30.5. The first-order valence-electron chi connectivity index (χ1n) is 16.1. The van der Waals surface area contributed by atoms with Gasteiger partial charge in [-0.05, 0) is 82.3 Å². The van der Waals surface area contributed by atoms with Gasteiger partial charge in [0.1, 0.15) is 22.8 Å². The quantitative estimate of drug-likeness (QED) is 0.141. The number of carbonyl (C=O) groups excluding carboxylic acids is 2. The van der Waals surface area contributed by atoms with Gasteiger partial charge in [0.15, 0.2) is 0 Å². The van der Waals surface area contributed by atoms with E-state index in [0.717, 1.165) is 10.0 Å². The zero-order valence-electron chi connectivity index (χ0n) is 28.4. The second-order valence-electron chi connectivity index (χ2n) is 12.4. The molecule has 7 rings (SSSR count). The minimum atomic E-state index is -1.14. The molecule has 4 N–H and O–H groups in total. The molecule has 2 aliphatic heterocycles. The molecule has 0 saturated heterocycles. The number of phenols is 3. The SMILES string of the molecule is C.C.CC(C)c1ccc(O)c(C(=O)N2Cc3ccccc3C2)c1.O=C(O)c1cc(Br)ccc1O.O=C(c1cc(Br)ccc1O)N1Cc2ccccc2C1.S. The van der Waals surface area contributed by atoms with E-state index in [1.165, 1.54) is 40.5 Å². The average molecular weight is 883 g/mol. The van der Waals surface area contributed by atoms with Gasteiger partial charge in [0, 0.05) is 35.1 Å². The van der Waals surface area contributed by atoms with Crippen LogP contribution >= 0.6 is 45.4 Å². The van der Waals surface area contributed by atoms with Gasteiger partial charge in [0.2, 0.25) is 0 Å². The van der Waals surface area contributed by atoms with Crippen molar-refractivity contribution in [2.75, 3.05) is 0 Å². The van der Waals surface area contributed by atoms with E-state index in [1.54, 1.807) is 34.1 Å². The molecule has 0 bridgehead atoms. The monoisotopic (exact) mass is 880 g/mol. The number of hydrogen-bond acceptors (Lipinski definition) is 6. The summed E-state index contributed by atoms with van der Waals surface area (Å²) in [5.41, 5.74) is 6.41. The van der Waals surface area contributed by atoms with Crippen LogP contribution in [0.2, 0.25) is 0 Å². The van der Waals surface area contributed by atoms with Crippen molar-refractivity contribution in [3.05, 3.63) is 157 Å². The Morgan fingerprint density at radius 3 is 1.24 bits per heavy atom. The molecule has 9 nitrogen and oxygen atoms in total. The zero-order valence-corrected chi connectivity index (χ0v) is 32.6. The Bertz CT molecular complexity index is 2060. The molecular weight excluding hydrogens is 836 g/mol. The van der Waals surface area contributed by atoms with E-state index in [4.69, 9.17) is 10.2 Å². The van der Waals surface area contributed by atoms with Crippen LogP contribution in [-0.4, -0.2) is 48.0 Å². The van der Waals surface area contributed by atoms with Crippen molar-refractivity contribution in [3.8, 4) is 17.2 Å². The predicted molar refractivity (Wildman–Crippen MR) is 225 cm³/mol. The maximum Gasteiger partial charge on any atom is 0.339 e. The van der Waals surface area contributed by atoms with Crippen molar-refractivity contribution < 1.29 is 34.8 Å². The number of carbonyl (C=O) groups is 3. The molecule has 0 aliphatic carbocycles. The van der Waals surface area contributed by atoms with Gasteiger partial charge < -0.3 is 30.2 Å². The molecule has 54 heavy (non-hydrogen) atoms. The van der Waals surface area contributed by atoms with Gasteiger partial charge >= 0.3 is 5.97 Å². The number of fused-ring (bicyclic) bond motifs is 2. The number of benzene rings is 5. The van der Waals surface area contributed by atoms with Gasteiger partial charge in [0.25, 0.3) is 11.8 Å². The highest BCUT2D eigenvalue weighted by atomic mass is 79.9. The standard InChI is InChI=1S/C18H19NO2.C15H12BrNO2.C7H5BrO3.2CH4.H2S/c1-12(2)13-7-8-17(20)16(9-13)18(21)19-10-14-5-3-4-6-15(14)11-19;16-12-5-6-14(18)13(7-12)15(19)17-8-10-3-1-2-4-11(10)9-17;8-4-1-2-6(9)5(3-4)7(10)11;;;/h3-9,12,20H,10-11H2,1-2H3;1-7,18H,8-9H2;1-3,9H,(H,10,11);2*1H4;1H2. The lowest BCUT2D eigenvalue weighted by atomic mass is 10.00. The number of halogens is 2. The smallest absolute Gasteiger partial charge is 0.339 e. The van der Waals surface area contributed by atoms with Gasteiger partial charge in [-0.2, -0.15) is 13.5 Å². The van der Waals surface area contributed by atoms with Crippen molar-refractivity contribution in [1.29, 1.82) is 0 Å². The van der Waals surface area contributed by atoms with Crippen LogP contribution < -0.4 is 0 Å². The fraction of sp³-hybridized carbons (Fsp3) is 0.214. The van der Waals surface area contributed by atoms with E-state index < -0.39 is 5.97 Å². The van der Waals surface area contributed by atoms with Crippen molar-refractivity contribution in [2.24, 2.45) is 0 Å².